The molecular formula is C11H18ClN3. The van der Waals surface area contributed by atoms with Crippen molar-refractivity contribution in [2.75, 3.05) is 32.5 Å². The molecule has 0 amide bonds. The zero-order valence-electron chi connectivity index (χ0n) is 9.33. The van der Waals surface area contributed by atoms with Crippen LogP contribution in [0.5, 0.6) is 0 Å². The Morgan fingerprint density at radius 3 is 2.80 bits per heavy atom. The smallest absolute Gasteiger partial charge is 0.131 e. The quantitative estimate of drug-likeness (QED) is 0.598. The first-order valence-electron chi connectivity index (χ1n) is 5.19. The van der Waals surface area contributed by atoms with E-state index in [0.29, 0.717) is 5.15 Å². The van der Waals surface area contributed by atoms with Crippen LogP contribution in [0, 0.1) is 0 Å². The third kappa shape index (κ3) is 5.60. The van der Waals surface area contributed by atoms with Crippen LogP contribution in [0.3, 0.4) is 0 Å². The molecule has 15 heavy (non-hydrogen) atoms. The van der Waals surface area contributed by atoms with E-state index >= 15 is 0 Å². The molecule has 1 aromatic heterocycles. The summed E-state index contributed by atoms with van der Waals surface area (Å²) in [4.78, 5) is 6.34. The summed E-state index contributed by atoms with van der Waals surface area (Å²) in [6.07, 6.45) is 2.34. The Hall–Kier alpha value is -0.800. The van der Waals surface area contributed by atoms with Crippen LogP contribution in [-0.2, 0) is 0 Å². The van der Waals surface area contributed by atoms with E-state index in [4.69, 9.17) is 11.6 Å². The minimum Gasteiger partial charge on any atom is -0.370 e. The molecule has 0 fully saturated rings. The van der Waals surface area contributed by atoms with Crippen LogP contribution in [0.15, 0.2) is 18.2 Å². The molecular weight excluding hydrogens is 210 g/mol. The Morgan fingerprint density at radius 2 is 2.13 bits per heavy atom. The highest BCUT2D eigenvalue weighted by Crippen LogP contribution is 2.08. The minimum absolute atomic E-state index is 0.535. The van der Waals surface area contributed by atoms with Gasteiger partial charge in [0.15, 0.2) is 0 Å². The first-order valence-corrected chi connectivity index (χ1v) is 5.57. The molecule has 0 aromatic carbocycles. The molecule has 0 atom stereocenters. The Morgan fingerprint density at radius 1 is 1.33 bits per heavy atom. The molecule has 1 aromatic rings. The van der Waals surface area contributed by atoms with Crippen molar-refractivity contribution in [2.45, 2.75) is 12.8 Å². The normalized spacial score (nSPS) is 10.7. The fraction of sp³-hybridized carbons (Fsp3) is 0.545. The van der Waals surface area contributed by atoms with Gasteiger partial charge in [-0.15, -0.1) is 0 Å². The fourth-order valence-corrected chi connectivity index (χ4v) is 1.44. The number of rotatable bonds is 6. The van der Waals surface area contributed by atoms with Crippen molar-refractivity contribution in [2.24, 2.45) is 0 Å². The topological polar surface area (TPSA) is 28.2 Å². The van der Waals surface area contributed by atoms with Crippen LogP contribution in [0.1, 0.15) is 12.8 Å². The summed E-state index contributed by atoms with van der Waals surface area (Å²) in [5.74, 6) is 0.854. The van der Waals surface area contributed by atoms with Crippen molar-refractivity contribution in [1.82, 2.24) is 9.88 Å². The van der Waals surface area contributed by atoms with Gasteiger partial charge in [-0.1, -0.05) is 17.7 Å². The van der Waals surface area contributed by atoms with Crippen LogP contribution >= 0.6 is 11.6 Å². The fourth-order valence-electron chi connectivity index (χ4n) is 1.28. The minimum atomic E-state index is 0.535. The van der Waals surface area contributed by atoms with Crippen molar-refractivity contribution in [3.8, 4) is 0 Å². The van der Waals surface area contributed by atoms with E-state index in [9.17, 15) is 0 Å². The number of hydrogen-bond donors (Lipinski definition) is 1. The molecule has 0 saturated heterocycles. The van der Waals surface area contributed by atoms with Crippen LogP contribution in [0.2, 0.25) is 5.15 Å². The summed E-state index contributed by atoms with van der Waals surface area (Å²) in [6.45, 7) is 2.08. The molecule has 0 aliphatic carbocycles. The molecule has 1 N–H and O–H groups in total. The van der Waals surface area contributed by atoms with E-state index in [1.54, 1.807) is 6.07 Å². The average molecular weight is 228 g/mol. The monoisotopic (exact) mass is 227 g/mol. The van der Waals surface area contributed by atoms with Crippen molar-refractivity contribution < 1.29 is 0 Å². The van der Waals surface area contributed by atoms with E-state index in [1.165, 1.54) is 6.42 Å². The highest BCUT2D eigenvalue weighted by atomic mass is 35.5. The number of aromatic nitrogens is 1. The van der Waals surface area contributed by atoms with Gasteiger partial charge < -0.3 is 10.2 Å². The summed E-state index contributed by atoms with van der Waals surface area (Å²) in [6, 6.07) is 5.61. The molecule has 3 nitrogen and oxygen atoms in total. The third-order valence-corrected chi connectivity index (χ3v) is 2.26. The summed E-state index contributed by atoms with van der Waals surface area (Å²) in [5.41, 5.74) is 0. The number of anilines is 1. The molecule has 0 saturated carbocycles. The van der Waals surface area contributed by atoms with E-state index in [0.717, 1.165) is 25.3 Å². The molecule has 0 bridgehead atoms. The standard InChI is InChI=1S/C11H18ClN3/c1-15(2)9-4-3-8-13-11-7-5-6-10(12)14-11/h5-7H,3-4,8-9H2,1-2H3,(H,13,14). The average Bonchev–Trinajstić information content (AvgIpc) is 2.17. The summed E-state index contributed by atoms with van der Waals surface area (Å²) in [5, 5.41) is 3.78. The zero-order chi connectivity index (χ0) is 11.1. The second kappa shape index (κ2) is 6.64. The van der Waals surface area contributed by atoms with Crippen molar-refractivity contribution in [3.05, 3.63) is 23.4 Å². The van der Waals surface area contributed by atoms with Crippen LogP contribution in [0.25, 0.3) is 0 Å². The van der Waals surface area contributed by atoms with Crippen LogP contribution in [0.4, 0.5) is 5.82 Å². The molecule has 0 aliphatic rings. The van der Waals surface area contributed by atoms with Crippen LogP contribution < -0.4 is 5.32 Å². The summed E-state index contributed by atoms with van der Waals surface area (Å²) < 4.78 is 0. The lowest BCUT2D eigenvalue weighted by atomic mass is 10.3. The molecule has 84 valence electrons. The number of hydrogen-bond acceptors (Lipinski definition) is 3. The molecule has 1 rings (SSSR count). The van der Waals surface area contributed by atoms with E-state index in [1.807, 2.05) is 12.1 Å². The summed E-state index contributed by atoms with van der Waals surface area (Å²) in [7, 11) is 4.18. The van der Waals surface area contributed by atoms with Crippen molar-refractivity contribution >= 4 is 17.4 Å². The Kier molecular flexibility index (Phi) is 5.43. The summed E-state index contributed by atoms with van der Waals surface area (Å²) >= 11 is 5.77. The van der Waals surface area contributed by atoms with E-state index in [2.05, 4.69) is 29.3 Å². The number of unbranched alkanes of at least 4 members (excludes halogenated alkanes) is 1. The van der Waals surface area contributed by atoms with Crippen molar-refractivity contribution in [1.29, 1.82) is 0 Å². The number of nitrogens with zero attached hydrogens (tertiary/aromatic N) is 2. The maximum Gasteiger partial charge on any atom is 0.131 e. The van der Waals surface area contributed by atoms with Gasteiger partial charge in [-0.05, 0) is 45.6 Å². The van der Waals surface area contributed by atoms with Gasteiger partial charge in [-0.3, -0.25) is 0 Å². The van der Waals surface area contributed by atoms with Crippen molar-refractivity contribution in [3.63, 3.8) is 0 Å². The highest BCUT2D eigenvalue weighted by Gasteiger charge is 1.95. The maximum absolute atomic E-state index is 5.77. The second-order valence-electron chi connectivity index (χ2n) is 3.78. The van der Waals surface area contributed by atoms with Gasteiger partial charge in [0.05, 0.1) is 0 Å². The van der Waals surface area contributed by atoms with E-state index < -0.39 is 0 Å². The molecule has 4 heteroatoms. The highest BCUT2D eigenvalue weighted by molar-refractivity contribution is 6.29. The lowest BCUT2D eigenvalue weighted by Crippen LogP contribution is -2.14. The second-order valence-corrected chi connectivity index (χ2v) is 4.17. The lowest BCUT2D eigenvalue weighted by Gasteiger charge is -2.09. The number of halogens is 1. The number of nitrogens with one attached hydrogen (secondary N) is 1. The Bertz CT molecular complexity index is 289. The Labute approximate surface area is 96.5 Å². The van der Waals surface area contributed by atoms with Gasteiger partial charge in [0.25, 0.3) is 0 Å². The van der Waals surface area contributed by atoms with Gasteiger partial charge in [-0.25, -0.2) is 4.98 Å². The molecule has 1 heterocycles. The third-order valence-electron chi connectivity index (χ3n) is 2.05. The predicted molar refractivity (Wildman–Crippen MR) is 65.5 cm³/mol. The van der Waals surface area contributed by atoms with E-state index in [-0.39, 0.29) is 0 Å². The first-order chi connectivity index (χ1) is 7.18. The van der Waals surface area contributed by atoms with Crippen LogP contribution in [-0.4, -0.2) is 37.1 Å². The first kappa shape index (κ1) is 12.3. The van der Waals surface area contributed by atoms with Gasteiger partial charge in [0.1, 0.15) is 11.0 Å². The largest absolute Gasteiger partial charge is 0.370 e. The predicted octanol–water partition coefficient (Wildman–Crippen LogP) is 2.49. The molecule has 0 radical (unpaired) electrons. The number of pyridine rings is 1. The molecule has 0 aliphatic heterocycles. The molecule has 0 unspecified atom stereocenters. The van der Waals surface area contributed by atoms with Gasteiger partial charge in [0, 0.05) is 6.54 Å². The maximum atomic E-state index is 5.77. The molecule has 0 spiro atoms. The van der Waals surface area contributed by atoms with Gasteiger partial charge >= 0.3 is 0 Å². The Balaban J connectivity index is 2.15. The SMILES string of the molecule is CN(C)CCCCNc1cccc(Cl)n1. The van der Waals surface area contributed by atoms with Gasteiger partial charge in [0.2, 0.25) is 0 Å². The van der Waals surface area contributed by atoms with Gasteiger partial charge in [-0.2, -0.15) is 0 Å². The zero-order valence-corrected chi connectivity index (χ0v) is 10.1. The lowest BCUT2D eigenvalue weighted by molar-refractivity contribution is 0.396.